The minimum Gasteiger partial charge on any atom is -0.447 e. The van der Waals surface area contributed by atoms with Gasteiger partial charge in [-0.1, -0.05) is 30.3 Å². The van der Waals surface area contributed by atoms with Crippen molar-refractivity contribution in [1.29, 1.82) is 0 Å². The van der Waals surface area contributed by atoms with Crippen LogP contribution < -0.4 is 16.0 Å². The third-order valence-corrected chi connectivity index (χ3v) is 6.18. The normalized spacial score (nSPS) is 24.2. The Bertz CT molecular complexity index is 955. The van der Waals surface area contributed by atoms with E-state index in [1.54, 1.807) is 7.05 Å². The molecular weight excluding hydrogens is 435 g/mol. The topological polar surface area (TPSA) is 71.6 Å². The number of alkyl halides is 3. The summed E-state index contributed by atoms with van der Waals surface area (Å²) in [4.78, 5) is 11.9. The number of alkyl carbamates (subject to hydrolysis) is 1. The van der Waals surface area contributed by atoms with Gasteiger partial charge in [-0.15, -0.1) is 0 Å². The van der Waals surface area contributed by atoms with Crippen molar-refractivity contribution >= 4 is 11.8 Å². The van der Waals surface area contributed by atoms with Gasteiger partial charge in [0.05, 0.1) is 23.8 Å². The molecule has 4 atom stereocenters. The maximum Gasteiger partial charge on any atom is 0.416 e. The standard InChI is InChI=1S/C24H28F3N3O3/c1-28-11-12-29-23(31)32-14-17-8-9-18-21(15-5-3-2-4-6-15)30-20-10-7-16(24(25,26)27)13-19(20)22(18)33-17/h2-7,10,13,17-18,21-22,28,30H,8-9,11-12,14H2,1H3,(H,29,31)/t17-,18+,21+,22+/m1/s1. The maximum atomic E-state index is 13.4. The molecule has 1 saturated heterocycles. The molecule has 0 spiro atoms. The van der Waals surface area contributed by atoms with E-state index in [-0.39, 0.29) is 18.6 Å². The van der Waals surface area contributed by atoms with Crippen LogP contribution in [0.5, 0.6) is 0 Å². The molecule has 0 aromatic heterocycles. The van der Waals surface area contributed by atoms with Crippen LogP contribution in [-0.2, 0) is 15.7 Å². The number of hydrogen-bond donors (Lipinski definition) is 3. The Kier molecular flexibility index (Phi) is 7.09. The molecule has 6 nitrogen and oxygen atoms in total. The van der Waals surface area contributed by atoms with Crippen LogP contribution in [0.15, 0.2) is 48.5 Å². The molecule has 2 aromatic carbocycles. The molecule has 2 aromatic rings. The predicted molar refractivity (Wildman–Crippen MR) is 118 cm³/mol. The summed E-state index contributed by atoms with van der Waals surface area (Å²) in [5.74, 6) is -0.0518. The fraction of sp³-hybridized carbons (Fsp3) is 0.458. The molecule has 0 unspecified atom stereocenters. The second kappa shape index (κ2) is 10.0. The first-order valence-electron chi connectivity index (χ1n) is 11.1. The number of likely N-dealkylation sites (N-methyl/N-ethyl adjacent to an activating group) is 1. The molecule has 2 heterocycles. The lowest BCUT2D eigenvalue weighted by atomic mass is 9.76. The van der Waals surface area contributed by atoms with Crippen LogP contribution in [0.4, 0.5) is 23.7 Å². The Balaban J connectivity index is 1.55. The number of carbonyl (C=O) groups excluding carboxylic acids is 1. The molecule has 1 amide bonds. The van der Waals surface area contributed by atoms with E-state index in [2.05, 4.69) is 16.0 Å². The third kappa shape index (κ3) is 5.42. The van der Waals surface area contributed by atoms with Gasteiger partial charge in [0.1, 0.15) is 6.61 Å². The third-order valence-electron chi connectivity index (χ3n) is 6.18. The van der Waals surface area contributed by atoms with Crippen LogP contribution in [0, 0.1) is 5.92 Å². The largest absolute Gasteiger partial charge is 0.447 e. The van der Waals surface area contributed by atoms with Gasteiger partial charge in [-0.2, -0.15) is 13.2 Å². The first kappa shape index (κ1) is 23.4. The number of rotatable bonds is 6. The van der Waals surface area contributed by atoms with Crippen LogP contribution in [0.1, 0.15) is 41.7 Å². The highest BCUT2D eigenvalue weighted by molar-refractivity contribution is 5.67. The highest BCUT2D eigenvalue weighted by atomic mass is 19.4. The van der Waals surface area contributed by atoms with Gasteiger partial charge >= 0.3 is 12.3 Å². The van der Waals surface area contributed by atoms with Gasteiger partial charge in [-0.3, -0.25) is 0 Å². The smallest absolute Gasteiger partial charge is 0.416 e. The minimum atomic E-state index is -4.44. The molecule has 178 valence electrons. The first-order valence-corrected chi connectivity index (χ1v) is 11.1. The van der Waals surface area contributed by atoms with E-state index in [0.29, 0.717) is 30.8 Å². The summed E-state index contributed by atoms with van der Waals surface area (Å²) in [5, 5.41) is 8.99. The molecule has 2 aliphatic rings. The quantitative estimate of drug-likeness (QED) is 0.544. The monoisotopic (exact) mass is 463 g/mol. The zero-order valence-corrected chi connectivity index (χ0v) is 18.3. The summed E-state index contributed by atoms with van der Waals surface area (Å²) in [6, 6.07) is 13.5. The van der Waals surface area contributed by atoms with Gasteiger partial charge in [-0.25, -0.2) is 4.79 Å². The average Bonchev–Trinajstić information content (AvgIpc) is 2.82. The van der Waals surface area contributed by atoms with E-state index >= 15 is 0 Å². The predicted octanol–water partition coefficient (Wildman–Crippen LogP) is 4.65. The van der Waals surface area contributed by atoms with Crippen LogP contribution in [0.25, 0.3) is 0 Å². The maximum absolute atomic E-state index is 13.4. The number of fused-ring (bicyclic) bond motifs is 3. The summed E-state index contributed by atoms with van der Waals surface area (Å²) in [6.45, 7) is 1.10. The van der Waals surface area contributed by atoms with Crippen molar-refractivity contribution in [3.8, 4) is 0 Å². The molecule has 3 N–H and O–H groups in total. The Hall–Kier alpha value is -2.78. The Morgan fingerprint density at radius 1 is 1.15 bits per heavy atom. The van der Waals surface area contributed by atoms with E-state index in [1.807, 2.05) is 30.3 Å². The summed E-state index contributed by atoms with van der Waals surface area (Å²) < 4.78 is 51.8. The van der Waals surface area contributed by atoms with Crippen molar-refractivity contribution in [3.63, 3.8) is 0 Å². The second-order valence-electron chi connectivity index (χ2n) is 8.38. The van der Waals surface area contributed by atoms with Gasteiger partial charge in [0.15, 0.2) is 0 Å². The lowest BCUT2D eigenvalue weighted by Crippen LogP contribution is -2.41. The number of amides is 1. The summed E-state index contributed by atoms with van der Waals surface area (Å²) in [5.41, 5.74) is 1.47. The number of anilines is 1. The average molecular weight is 464 g/mol. The van der Waals surface area contributed by atoms with Crippen LogP contribution in [0.3, 0.4) is 0 Å². The van der Waals surface area contributed by atoms with Crippen LogP contribution in [-0.4, -0.2) is 38.9 Å². The van der Waals surface area contributed by atoms with Crippen molar-refractivity contribution in [1.82, 2.24) is 10.6 Å². The lowest BCUT2D eigenvalue weighted by molar-refractivity contribution is -0.138. The van der Waals surface area contributed by atoms with Crippen molar-refractivity contribution < 1.29 is 27.4 Å². The van der Waals surface area contributed by atoms with E-state index in [4.69, 9.17) is 9.47 Å². The number of benzene rings is 2. The highest BCUT2D eigenvalue weighted by Gasteiger charge is 2.43. The molecule has 0 saturated carbocycles. The SMILES string of the molecule is CNCCNC(=O)OC[C@H]1CC[C@@H]2[C@H](O1)c1cc(C(F)(F)F)ccc1N[C@H]2c1ccccc1. The molecule has 0 bridgehead atoms. The lowest BCUT2D eigenvalue weighted by Gasteiger charge is -2.45. The molecule has 0 radical (unpaired) electrons. The second-order valence-corrected chi connectivity index (χ2v) is 8.38. The molecule has 9 heteroatoms. The zero-order chi connectivity index (χ0) is 23.4. The van der Waals surface area contributed by atoms with Gasteiger partial charge in [0.2, 0.25) is 0 Å². The number of ether oxygens (including phenoxy) is 2. The number of hydrogen-bond acceptors (Lipinski definition) is 5. The summed E-state index contributed by atoms with van der Waals surface area (Å²) >= 11 is 0. The van der Waals surface area contributed by atoms with E-state index in [9.17, 15) is 18.0 Å². The van der Waals surface area contributed by atoms with Gasteiger partial charge in [-0.05, 0) is 43.7 Å². The van der Waals surface area contributed by atoms with Crippen LogP contribution in [0.2, 0.25) is 0 Å². The molecule has 0 aliphatic carbocycles. The molecular formula is C24H28F3N3O3. The molecule has 1 fully saturated rings. The fourth-order valence-corrected chi connectivity index (χ4v) is 4.55. The first-order chi connectivity index (χ1) is 15.9. The van der Waals surface area contributed by atoms with Gasteiger partial charge in [0, 0.05) is 30.3 Å². The molecule has 33 heavy (non-hydrogen) atoms. The highest BCUT2D eigenvalue weighted by Crippen LogP contribution is 2.51. The number of nitrogens with one attached hydrogen (secondary N) is 3. The van der Waals surface area contributed by atoms with Crippen molar-refractivity contribution in [3.05, 3.63) is 65.2 Å². The van der Waals surface area contributed by atoms with E-state index in [0.717, 1.165) is 18.1 Å². The Morgan fingerprint density at radius 2 is 1.94 bits per heavy atom. The van der Waals surface area contributed by atoms with Gasteiger partial charge in [0.25, 0.3) is 0 Å². The van der Waals surface area contributed by atoms with E-state index in [1.165, 1.54) is 12.1 Å². The fourth-order valence-electron chi connectivity index (χ4n) is 4.55. The molecule has 4 rings (SSSR count). The van der Waals surface area contributed by atoms with Crippen molar-refractivity contribution in [2.45, 2.75) is 37.3 Å². The van der Waals surface area contributed by atoms with Gasteiger partial charge < -0.3 is 25.4 Å². The zero-order valence-electron chi connectivity index (χ0n) is 18.3. The number of halogens is 3. The Morgan fingerprint density at radius 3 is 2.67 bits per heavy atom. The Labute approximate surface area is 190 Å². The minimum absolute atomic E-state index is 0.0480. The number of carbonyl (C=O) groups is 1. The summed E-state index contributed by atoms with van der Waals surface area (Å²) in [7, 11) is 1.78. The molecule has 2 aliphatic heterocycles. The summed E-state index contributed by atoms with van der Waals surface area (Å²) in [6.07, 6.45) is -4.54. The van der Waals surface area contributed by atoms with Crippen molar-refractivity contribution in [2.75, 3.05) is 32.1 Å². The van der Waals surface area contributed by atoms with E-state index < -0.39 is 30.0 Å². The van der Waals surface area contributed by atoms with Crippen LogP contribution >= 0.6 is 0 Å². The van der Waals surface area contributed by atoms with Crippen molar-refractivity contribution in [2.24, 2.45) is 5.92 Å².